The van der Waals surface area contributed by atoms with Crippen molar-refractivity contribution < 1.29 is 14.6 Å². The van der Waals surface area contributed by atoms with E-state index >= 15 is 0 Å². The molecule has 5 rings (SSSR count). The Morgan fingerprint density at radius 2 is 2.07 bits per heavy atom. The minimum atomic E-state index is -1.65. The fourth-order valence-corrected chi connectivity index (χ4v) is 6.63. The summed E-state index contributed by atoms with van der Waals surface area (Å²) < 4.78 is 7.06. The SMILES string of the molecule is CCC12CCCN3CCc4c(n(c5ccccc45)C(O)(C(=O)OC)C1)C32C. The van der Waals surface area contributed by atoms with Crippen LogP contribution in [0.3, 0.4) is 0 Å². The van der Waals surface area contributed by atoms with E-state index in [1.807, 2.05) is 22.8 Å². The molecule has 5 heteroatoms. The first-order valence-electron chi connectivity index (χ1n) is 10.1. The van der Waals surface area contributed by atoms with Crippen LogP contribution in [0.2, 0.25) is 0 Å². The van der Waals surface area contributed by atoms with Gasteiger partial charge < -0.3 is 14.4 Å². The largest absolute Gasteiger partial charge is 0.465 e. The van der Waals surface area contributed by atoms with E-state index in [2.05, 4.69) is 24.8 Å². The summed E-state index contributed by atoms with van der Waals surface area (Å²) in [6, 6.07) is 8.18. The molecule has 4 heterocycles. The monoisotopic (exact) mass is 368 g/mol. The second-order valence-electron chi connectivity index (χ2n) is 8.71. The lowest BCUT2D eigenvalue weighted by atomic mass is 9.55. The fourth-order valence-electron chi connectivity index (χ4n) is 6.63. The fraction of sp³-hybridized carbons (Fsp3) is 0.591. The molecule has 3 aliphatic rings. The third-order valence-electron chi connectivity index (χ3n) is 7.96. The van der Waals surface area contributed by atoms with Gasteiger partial charge in [0.15, 0.2) is 0 Å². The average Bonchev–Trinajstić information content (AvgIpc) is 3.04. The van der Waals surface area contributed by atoms with E-state index in [1.165, 1.54) is 12.7 Å². The maximum atomic E-state index is 12.9. The molecule has 0 radical (unpaired) electrons. The second kappa shape index (κ2) is 5.36. The molecule has 0 amide bonds. The summed E-state index contributed by atoms with van der Waals surface area (Å²) >= 11 is 0. The zero-order valence-corrected chi connectivity index (χ0v) is 16.4. The molecule has 3 unspecified atom stereocenters. The number of carbonyl (C=O) groups excluding carboxylic acids is 1. The Labute approximate surface area is 159 Å². The Kier molecular flexibility index (Phi) is 3.43. The highest BCUT2D eigenvalue weighted by Gasteiger charge is 2.66. The number of benzene rings is 1. The zero-order chi connectivity index (χ0) is 19.0. The molecule has 1 fully saturated rings. The van der Waals surface area contributed by atoms with Crippen LogP contribution in [0.25, 0.3) is 10.9 Å². The second-order valence-corrected chi connectivity index (χ2v) is 8.71. The van der Waals surface area contributed by atoms with E-state index in [1.54, 1.807) is 0 Å². The Hall–Kier alpha value is -1.85. The number of hydrogen-bond acceptors (Lipinski definition) is 4. The number of hydrogen-bond donors (Lipinski definition) is 1. The topological polar surface area (TPSA) is 54.7 Å². The number of nitrogens with zero attached hydrogens (tertiary/aromatic N) is 2. The van der Waals surface area contributed by atoms with Gasteiger partial charge in [-0.2, -0.15) is 0 Å². The van der Waals surface area contributed by atoms with Gasteiger partial charge in [0, 0.05) is 24.0 Å². The molecule has 1 N–H and O–H groups in total. The Morgan fingerprint density at radius 3 is 2.81 bits per heavy atom. The number of rotatable bonds is 2. The van der Waals surface area contributed by atoms with Gasteiger partial charge in [0.05, 0.1) is 18.2 Å². The van der Waals surface area contributed by atoms with Crippen molar-refractivity contribution in [1.82, 2.24) is 9.47 Å². The summed E-state index contributed by atoms with van der Waals surface area (Å²) in [5, 5.41) is 13.0. The lowest BCUT2D eigenvalue weighted by Gasteiger charge is -2.64. The van der Waals surface area contributed by atoms with Crippen molar-refractivity contribution >= 4 is 16.9 Å². The Bertz CT molecular complexity index is 950. The number of fused-ring (bicyclic) bond motifs is 3. The van der Waals surface area contributed by atoms with E-state index in [9.17, 15) is 9.90 Å². The summed E-state index contributed by atoms with van der Waals surface area (Å²) in [5.41, 5.74) is 1.40. The first-order valence-corrected chi connectivity index (χ1v) is 10.1. The maximum absolute atomic E-state index is 12.9. The van der Waals surface area contributed by atoms with Crippen molar-refractivity contribution in [3.63, 3.8) is 0 Å². The van der Waals surface area contributed by atoms with E-state index in [0.717, 1.165) is 55.4 Å². The number of aromatic nitrogens is 1. The van der Waals surface area contributed by atoms with E-state index in [0.29, 0.717) is 6.42 Å². The number of ether oxygens (including phenoxy) is 1. The zero-order valence-electron chi connectivity index (χ0n) is 16.4. The number of methoxy groups -OCH3 is 1. The molecule has 1 aromatic carbocycles. The van der Waals surface area contributed by atoms with Crippen LogP contribution < -0.4 is 0 Å². The van der Waals surface area contributed by atoms with Crippen LogP contribution in [0, 0.1) is 5.41 Å². The van der Waals surface area contributed by atoms with Crippen molar-refractivity contribution in [2.24, 2.45) is 5.41 Å². The minimum Gasteiger partial charge on any atom is -0.465 e. The van der Waals surface area contributed by atoms with Crippen LogP contribution in [0.1, 0.15) is 50.8 Å². The average molecular weight is 368 g/mol. The number of para-hydroxylation sites is 1. The van der Waals surface area contributed by atoms with Gasteiger partial charge in [0.25, 0.3) is 0 Å². The predicted molar refractivity (Wildman–Crippen MR) is 103 cm³/mol. The van der Waals surface area contributed by atoms with Gasteiger partial charge in [-0.05, 0) is 56.2 Å². The molecule has 1 aromatic heterocycles. The number of carbonyl (C=O) groups is 1. The summed E-state index contributed by atoms with van der Waals surface area (Å²) in [5.74, 6) is -0.552. The van der Waals surface area contributed by atoms with E-state index in [-0.39, 0.29) is 11.0 Å². The van der Waals surface area contributed by atoms with Crippen molar-refractivity contribution in [2.75, 3.05) is 20.2 Å². The normalized spacial score (nSPS) is 35.1. The molecule has 0 aliphatic carbocycles. The van der Waals surface area contributed by atoms with Gasteiger partial charge in [-0.15, -0.1) is 0 Å². The highest BCUT2D eigenvalue weighted by molar-refractivity contribution is 5.90. The van der Waals surface area contributed by atoms with Crippen LogP contribution in [0.4, 0.5) is 0 Å². The number of aliphatic hydroxyl groups is 1. The summed E-state index contributed by atoms with van der Waals surface area (Å²) in [6.07, 6.45) is 4.42. The predicted octanol–water partition coefficient (Wildman–Crippen LogP) is 3.13. The lowest BCUT2D eigenvalue weighted by Crippen LogP contribution is -2.68. The van der Waals surface area contributed by atoms with Gasteiger partial charge in [0.1, 0.15) is 0 Å². The minimum absolute atomic E-state index is 0.145. The van der Waals surface area contributed by atoms with Crippen LogP contribution >= 0.6 is 0 Å². The van der Waals surface area contributed by atoms with E-state index < -0.39 is 11.7 Å². The van der Waals surface area contributed by atoms with Crippen LogP contribution in [0.15, 0.2) is 24.3 Å². The first-order chi connectivity index (χ1) is 12.9. The molecule has 3 aliphatic heterocycles. The van der Waals surface area contributed by atoms with Crippen molar-refractivity contribution in [2.45, 2.75) is 57.2 Å². The third kappa shape index (κ3) is 1.80. The summed E-state index contributed by atoms with van der Waals surface area (Å²) in [6.45, 7) is 6.67. The summed E-state index contributed by atoms with van der Waals surface area (Å²) in [7, 11) is 1.37. The molecular formula is C22H28N2O3. The highest BCUT2D eigenvalue weighted by atomic mass is 16.5. The molecular weight excluding hydrogens is 340 g/mol. The van der Waals surface area contributed by atoms with Crippen molar-refractivity contribution in [3.8, 4) is 0 Å². The molecule has 5 nitrogen and oxygen atoms in total. The van der Waals surface area contributed by atoms with Gasteiger partial charge in [-0.3, -0.25) is 4.90 Å². The molecule has 27 heavy (non-hydrogen) atoms. The smallest absolute Gasteiger partial charge is 0.359 e. The van der Waals surface area contributed by atoms with Crippen molar-refractivity contribution in [3.05, 3.63) is 35.5 Å². The standard InChI is InChI=1S/C22H28N2O3/c1-4-21-11-7-12-23-13-10-16-15-8-5-6-9-17(15)24(18(16)20(21,23)2)22(26,14-21)19(25)27-3/h5-6,8-9,26H,4,7,10-14H2,1-3H3. The highest BCUT2D eigenvalue weighted by Crippen LogP contribution is 2.63. The summed E-state index contributed by atoms with van der Waals surface area (Å²) in [4.78, 5) is 15.5. The Morgan fingerprint density at radius 1 is 1.30 bits per heavy atom. The molecule has 0 saturated carbocycles. The first kappa shape index (κ1) is 17.3. The van der Waals surface area contributed by atoms with Gasteiger partial charge in [0.2, 0.25) is 5.72 Å². The Balaban J connectivity index is 1.95. The van der Waals surface area contributed by atoms with Crippen molar-refractivity contribution in [1.29, 1.82) is 0 Å². The van der Waals surface area contributed by atoms with Gasteiger partial charge in [-0.1, -0.05) is 25.1 Å². The molecule has 1 saturated heterocycles. The number of piperidine rings is 1. The van der Waals surface area contributed by atoms with E-state index in [4.69, 9.17) is 4.74 Å². The van der Waals surface area contributed by atoms with Crippen LogP contribution in [-0.4, -0.2) is 40.7 Å². The van der Waals surface area contributed by atoms with Gasteiger partial charge >= 0.3 is 5.97 Å². The lowest BCUT2D eigenvalue weighted by molar-refractivity contribution is -0.207. The molecule has 0 bridgehead atoms. The van der Waals surface area contributed by atoms with Crippen LogP contribution in [0.5, 0.6) is 0 Å². The van der Waals surface area contributed by atoms with Crippen LogP contribution in [-0.2, 0) is 27.2 Å². The third-order valence-corrected chi connectivity index (χ3v) is 7.96. The molecule has 0 spiro atoms. The van der Waals surface area contributed by atoms with Gasteiger partial charge in [-0.25, -0.2) is 4.79 Å². The molecule has 3 atom stereocenters. The molecule has 144 valence electrons. The molecule has 2 aromatic rings. The number of esters is 1. The maximum Gasteiger partial charge on any atom is 0.359 e. The quantitative estimate of drug-likeness (QED) is 0.828.